The van der Waals surface area contributed by atoms with E-state index in [1.165, 1.54) is 24.3 Å². The third-order valence-corrected chi connectivity index (χ3v) is 4.22. The summed E-state index contributed by atoms with van der Waals surface area (Å²) in [6.45, 7) is 3.47. The maximum atomic E-state index is 13.0. The lowest BCUT2D eigenvalue weighted by atomic mass is 10.1. The first-order valence-corrected chi connectivity index (χ1v) is 8.06. The molecule has 1 atom stereocenters. The van der Waals surface area contributed by atoms with Gasteiger partial charge in [0.05, 0.1) is 5.35 Å². The summed E-state index contributed by atoms with van der Waals surface area (Å²) in [7, 11) is 0. The Morgan fingerprint density at radius 1 is 1.36 bits per heavy atom. The highest BCUT2D eigenvalue weighted by Crippen LogP contribution is 2.49. The maximum Gasteiger partial charge on any atom is 0.573 e. The second-order valence-corrected chi connectivity index (χ2v) is 6.31. The van der Waals surface area contributed by atoms with Crippen molar-refractivity contribution < 1.29 is 31.1 Å². The zero-order valence-electron chi connectivity index (χ0n) is 14.3. The van der Waals surface area contributed by atoms with Gasteiger partial charge in [-0.2, -0.15) is 0 Å². The van der Waals surface area contributed by atoms with Gasteiger partial charge in [-0.3, -0.25) is 4.57 Å². The van der Waals surface area contributed by atoms with Gasteiger partial charge >= 0.3 is 12.1 Å². The number of hydrogen-bond donors (Lipinski definition) is 1. The van der Waals surface area contributed by atoms with E-state index in [2.05, 4.69) is 11.3 Å². The number of nitrogens with zero attached hydrogens (tertiary/aromatic N) is 1. The van der Waals surface area contributed by atoms with E-state index in [0.717, 1.165) is 16.7 Å². The SMILES string of the molecule is C=c1/c(=C\C=C(/N)c2ccc(OC(F)(F)F)cc2)oc(=O)n1C[C@@H]1CC1(F)F. The lowest BCUT2D eigenvalue weighted by Crippen LogP contribution is -2.32. The largest absolute Gasteiger partial charge is 0.573 e. The molecule has 3 rings (SSSR count). The van der Waals surface area contributed by atoms with Gasteiger partial charge in [0, 0.05) is 24.6 Å². The van der Waals surface area contributed by atoms with Crippen molar-refractivity contribution >= 4 is 18.4 Å². The lowest BCUT2D eigenvalue weighted by molar-refractivity contribution is -0.274. The molecular formula is C18H15F5N2O3. The van der Waals surface area contributed by atoms with Crippen LogP contribution < -0.4 is 27.0 Å². The predicted molar refractivity (Wildman–Crippen MR) is 90.5 cm³/mol. The van der Waals surface area contributed by atoms with Gasteiger partial charge in [0.15, 0.2) is 5.42 Å². The smallest absolute Gasteiger partial charge is 0.408 e. The van der Waals surface area contributed by atoms with Gasteiger partial charge in [0.25, 0.3) is 5.92 Å². The van der Waals surface area contributed by atoms with Crippen LogP contribution in [0.3, 0.4) is 0 Å². The standard InChI is InChI=1S/C18H15F5N2O3/c1-10-15(27-16(26)25(10)9-12-8-17(12,19)20)7-6-14(24)11-2-4-13(5-3-11)28-18(21,22)23/h2-7,12H,1,8-9,24H2/b14-6-,15-7+/t12-/m0/s1. The van der Waals surface area contributed by atoms with Crippen molar-refractivity contribution in [3.8, 4) is 5.75 Å². The monoisotopic (exact) mass is 402 g/mol. The number of ether oxygens (including phenoxy) is 1. The summed E-state index contributed by atoms with van der Waals surface area (Å²) in [6.07, 6.45) is -2.39. The number of alkyl halides is 5. The Bertz CT molecular complexity index is 1060. The Morgan fingerprint density at radius 2 is 1.96 bits per heavy atom. The Morgan fingerprint density at radius 3 is 2.50 bits per heavy atom. The van der Waals surface area contributed by atoms with E-state index < -0.39 is 29.7 Å². The summed E-state index contributed by atoms with van der Waals surface area (Å²) in [6, 6.07) is 4.84. The molecular weight excluding hydrogens is 387 g/mol. The maximum absolute atomic E-state index is 13.0. The molecule has 1 fully saturated rings. The van der Waals surface area contributed by atoms with Crippen LogP contribution in [0.2, 0.25) is 0 Å². The van der Waals surface area contributed by atoms with Crippen LogP contribution in [-0.2, 0) is 6.54 Å². The Labute approximate surface area is 154 Å². The van der Waals surface area contributed by atoms with Crippen molar-refractivity contribution in [3.63, 3.8) is 0 Å². The minimum atomic E-state index is -4.80. The topological polar surface area (TPSA) is 70.4 Å². The van der Waals surface area contributed by atoms with Crippen molar-refractivity contribution in [2.24, 2.45) is 11.7 Å². The minimum absolute atomic E-state index is 0.0499. The Hall–Kier alpha value is -3.04. The summed E-state index contributed by atoms with van der Waals surface area (Å²) in [5.74, 6) is -4.90. The van der Waals surface area contributed by atoms with Gasteiger partial charge < -0.3 is 14.9 Å². The van der Waals surface area contributed by atoms with Gasteiger partial charge in [-0.05, 0) is 42.0 Å². The first-order valence-electron chi connectivity index (χ1n) is 8.06. The summed E-state index contributed by atoms with van der Waals surface area (Å²) < 4.78 is 72.4. The summed E-state index contributed by atoms with van der Waals surface area (Å²) >= 11 is 0. The zero-order chi connectivity index (χ0) is 20.7. The van der Waals surface area contributed by atoms with Crippen LogP contribution in [0.5, 0.6) is 5.75 Å². The number of hydrogen-bond acceptors (Lipinski definition) is 4. The summed E-state index contributed by atoms with van der Waals surface area (Å²) in [4.78, 5) is 11.8. The molecule has 1 aromatic heterocycles. The average molecular weight is 402 g/mol. The molecule has 5 nitrogen and oxygen atoms in total. The molecule has 0 saturated heterocycles. The van der Waals surface area contributed by atoms with Crippen molar-refractivity contribution in [3.05, 3.63) is 57.2 Å². The highest BCUT2D eigenvalue weighted by atomic mass is 19.4. The third-order valence-electron chi connectivity index (χ3n) is 4.22. The van der Waals surface area contributed by atoms with Crippen LogP contribution in [0.1, 0.15) is 12.0 Å². The number of aromatic nitrogens is 1. The number of rotatable bonds is 5. The van der Waals surface area contributed by atoms with Crippen LogP contribution >= 0.6 is 0 Å². The summed E-state index contributed by atoms with van der Waals surface area (Å²) in [5.41, 5.74) is 6.48. The van der Waals surface area contributed by atoms with Gasteiger partial charge in [0.2, 0.25) is 0 Å². The first-order chi connectivity index (χ1) is 13.0. The number of halogens is 5. The van der Waals surface area contributed by atoms with Crippen molar-refractivity contribution in [1.82, 2.24) is 4.57 Å². The number of oxazole rings is 1. The molecule has 1 aliphatic carbocycles. The van der Waals surface area contributed by atoms with Crippen LogP contribution in [0.15, 0.2) is 39.6 Å². The van der Waals surface area contributed by atoms with E-state index in [-0.39, 0.29) is 29.4 Å². The molecule has 0 radical (unpaired) electrons. The Kier molecular flexibility index (Phi) is 4.82. The fourth-order valence-corrected chi connectivity index (χ4v) is 2.57. The fraction of sp³-hybridized carbons (Fsp3) is 0.278. The number of nitrogens with two attached hydrogens (primary N) is 1. The number of allylic oxidation sites excluding steroid dienone is 1. The van der Waals surface area contributed by atoms with Crippen LogP contribution in [0.25, 0.3) is 18.4 Å². The molecule has 1 saturated carbocycles. The van der Waals surface area contributed by atoms with Crippen LogP contribution in [-0.4, -0.2) is 16.9 Å². The molecule has 0 unspecified atom stereocenters. The highest BCUT2D eigenvalue weighted by Gasteiger charge is 2.56. The van der Waals surface area contributed by atoms with E-state index in [1.54, 1.807) is 0 Å². The molecule has 2 aromatic rings. The van der Waals surface area contributed by atoms with Crippen molar-refractivity contribution in [1.29, 1.82) is 0 Å². The van der Waals surface area contributed by atoms with E-state index in [9.17, 15) is 26.7 Å². The molecule has 150 valence electrons. The lowest BCUT2D eigenvalue weighted by Gasteiger charge is -2.09. The van der Waals surface area contributed by atoms with Crippen molar-refractivity contribution in [2.45, 2.75) is 25.3 Å². The van der Waals surface area contributed by atoms with Gasteiger partial charge in [-0.15, -0.1) is 13.2 Å². The molecule has 1 aliphatic rings. The predicted octanol–water partition coefficient (Wildman–Crippen LogP) is 2.19. The zero-order valence-corrected chi connectivity index (χ0v) is 14.3. The van der Waals surface area contributed by atoms with E-state index in [1.807, 2.05) is 0 Å². The quantitative estimate of drug-likeness (QED) is 0.779. The molecule has 0 bridgehead atoms. The highest BCUT2D eigenvalue weighted by molar-refractivity contribution is 5.68. The molecule has 1 heterocycles. The van der Waals surface area contributed by atoms with Gasteiger partial charge in [-0.1, -0.05) is 6.58 Å². The van der Waals surface area contributed by atoms with E-state index >= 15 is 0 Å². The van der Waals surface area contributed by atoms with Crippen LogP contribution in [0.4, 0.5) is 22.0 Å². The van der Waals surface area contributed by atoms with Gasteiger partial charge in [0.1, 0.15) is 5.75 Å². The molecule has 2 N–H and O–H groups in total. The minimum Gasteiger partial charge on any atom is -0.408 e. The van der Waals surface area contributed by atoms with E-state index in [0.29, 0.717) is 5.56 Å². The molecule has 0 spiro atoms. The first kappa shape index (κ1) is 19.7. The molecule has 1 aromatic carbocycles. The summed E-state index contributed by atoms with van der Waals surface area (Å²) in [5, 5.41) is 0.130. The van der Waals surface area contributed by atoms with Crippen LogP contribution in [0, 0.1) is 5.92 Å². The van der Waals surface area contributed by atoms with E-state index in [4.69, 9.17) is 10.2 Å². The number of benzene rings is 1. The molecule has 10 heteroatoms. The molecule has 28 heavy (non-hydrogen) atoms. The third kappa shape index (κ3) is 4.44. The average Bonchev–Trinajstić information content (AvgIpc) is 3.11. The molecule has 0 aliphatic heterocycles. The van der Waals surface area contributed by atoms with Gasteiger partial charge in [-0.25, -0.2) is 13.6 Å². The normalized spacial score (nSPS) is 19.7. The second-order valence-electron chi connectivity index (χ2n) is 6.31. The molecule has 0 amide bonds. The fourth-order valence-electron chi connectivity index (χ4n) is 2.57. The van der Waals surface area contributed by atoms with Crippen molar-refractivity contribution in [2.75, 3.05) is 0 Å². The Balaban J connectivity index is 1.79. The second kappa shape index (κ2) is 6.84.